The molecule has 6 nitrogen and oxygen atoms in total. The van der Waals surface area contributed by atoms with Gasteiger partial charge in [-0.15, -0.1) is 0 Å². The smallest absolute Gasteiger partial charge is 0.311 e. The van der Waals surface area contributed by atoms with Gasteiger partial charge in [-0.3, -0.25) is 14.4 Å². The van der Waals surface area contributed by atoms with Crippen LogP contribution in [0, 0.1) is 0 Å². The van der Waals surface area contributed by atoms with Crippen molar-refractivity contribution < 1.29 is 19.1 Å². The fraction of sp³-hybridized carbons (Fsp3) is 0.214. The number of esters is 2. The number of aromatic amines is 1. The molecule has 0 spiro atoms. The summed E-state index contributed by atoms with van der Waals surface area (Å²) >= 11 is 0. The van der Waals surface area contributed by atoms with Crippen LogP contribution in [-0.2, 0) is 14.3 Å². The number of aromatic nitrogens is 1. The van der Waals surface area contributed by atoms with Gasteiger partial charge in [-0.25, -0.2) is 0 Å². The molecule has 0 amide bonds. The van der Waals surface area contributed by atoms with E-state index >= 15 is 0 Å². The van der Waals surface area contributed by atoms with E-state index in [4.69, 9.17) is 4.74 Å². The average molecular weight is 275 g/mol. The van der Waals surface area contributed by atoms with Crippen LogP contribution in [0.5, 0.6) is 5.75 Å². The fourth-order valence-electron chi connectivity index (χ4n) is 1.74. The number of benzene rings is 1. The largest absolute Gasteiger partial charge is 0.469 e. The van der Waals surface area contributed by atoms with Gasteiger partial charge in [-0.05, 0) is 12.1 Å². The molecule has 0 fully saturated rings. The maximum Gasteiger partial charge on any atom is 0.311 e. The van der Waals surface area contributed by atoms with Gasteiger partial charge in [0.1, 0.15) is 5.75 Å². The minimum absolute atomic E-state index is 0.0591. The van der Waals surface area contributed by atoms with Gasteiger partial charge in [0.2, 0.25) is 0 Å². The summed E-state index contributed by atoms with van der Waals surface area (Å²) in [4.78, 5) is 36.7. The number of pyridine rings is 1. The molecule has 2 rings (SSSR count). The Balaban J connectivity index is 2.19. The SMILES string of the molecule is COC(=O)CCC(=O)Oc1cc(=O)[nH]c2ccccc12. The number of para-hydroxylation sites is 1. The third-order valence-corrected chi connectivity index (χ3v) is 2.70. The first-order valence-electron chi connectivity index (χ1n) is 5.99. The molecule has 0 aliphatic heterocycles. The third kappa shape index (κ3) is 3.23. The van der Waals surface area contributed by atoms with E-state index in [1.165, 1.54) is 13.2 Å². The molecule has 0 aliphatic carbocycles. The van der Waals surface area contributed by atoms with E-state index in [1.54, 1.807) is 24.3 Å². The molecule has 104 valence electrons. The number of hydrogen-bond donors (Lipinski definition) is 1. The molecule has 0 bridgehead atoms. The van der Waals surface area contributed by atoms with Gasteiger partial charge >= 0.3 is 11.9 Å². The van der Waals surface area contributed by atoms with E-state index in [0.29, 0.717) is 10.9 Å². The fourth-order valence-corrected chi connectivity index (χ4v) is 1.74. The van der Waals surface area contributed by atoms with Crippen molar-refractivity contribution in [2.45, 2.75) is 12.8 Å². The van der Waals surface area contributed by atoms with Crippen LogP contribution in [0.25, 0.3) is 10.9 Å². The molecule has 20 heavy (non-hydrogen) atoms. The highest BCUT2D eigenvalue weighted by Gasteiger charge is 2.12. The van der Waals surface area contributed by atoms with Crippen molar-refractivity contribution in [2.24, 2.45) is 0 Å². The van der Waals surface area contributed by atoms with Crippen LogP contribution in [0.2, 0.25) is 0 Å². The van der Waals surface area contributed by atoms with E-state index in [2.05, 4.69) is 9.72 Å². The van der Waals surface area contributed by atoms with E-state index in [-0.39, 0.29) is 24.2 Å². The summed E-state index contributed by atoms with van der Waals surface area (Å²) < 4.78 is 9.58. The number of hydrogen-bond acceptors (Lipinski definition) is 5. The Hall–Kier alpha value is -2.63. The van der Waals surface area contributed by atoms with E-state index in [1.807, 2.05) is 0 Å². The quantitative estimate of drug-likeness (QED) is 0.852. The van der Waals surface area contributed by atoms with Crippen molar-refractivity contribution in [1.82, 2.24) is 4.98 Å². The van der Waals surface area contributed by atoms with E-state index < -0.39 is 11.9 Å². The Morgan fingerprint density at radius 2 is 1.85 bits per heavy atom. The van der Waals surface area contributed by atoms with Crippen molar-refractivity contribution >= 4 is 22.8 Å². The topological polar surface area (TPSA) is 85.5 Å². The highest BCUT2D eigenvalue weighted by Crippen LogP contribution is 2.22. The number of nitrogens with one attached hydrogen (secondary N) is 1. The monoisotopic (exact) mass is 275 g/mol. The predicted octanol–water partition coefficient (Wildman–Crippen LogP) is 1.39. The molecule has 0 atom stereocenters. The Kier molecular flexibility index (Phi) is 4.14. The van der Waals surface area contributed by atoms with Crippen molar-refractivity contribution in [3.05, 3.63) is 40.7 Å². The van der Waals surface area contributed by atoms with Crippen LogP contribution in [-0.4, -0.2) is 24.0 Å². The molecule has 1 heterocycles. The van der Waals surface area contributed by atoms with Gasteiger partial charge in [0.25, 0.3) is 5.56 Å². The van der Waals surface area contributed by atoms with Crippen molar-refractivity contribution in [1.29, 1.82) is 0 Å². The molecule has 1 N–H and O–H groups in total. The van der Waals surface area contributed by atoms with E-state index in [0.717, 1.165) is 0 Å². The summed E-state index contributed by atoms with van der Waals surface area (Å²) in [6.07, 6.45) is -0.162. The zero-order valence-corrected chi connectivity index (χ0v) is 10.8. The maximum atomic E-state index is 11.6. The Bertz CT molecular complexity index is 704. The van der Waals surface area contributed by atoms with Crippen LogP contribution in [0.1, 0.15) is 12.8 Å². The molecule has 0 aliphatic rings. The highest BCUT2D eigenvalue weighted by molar-refractivity contribution is 5.88. The molecule has 2 aromatic rings. The molecule has 1 aromatic heterocycles. The number of methoxy groups -OCH3 is 1. The third-order valence-electron chi connectivity index (χ3n) is 2.70. The summed E-state index contributed by atoms with van der Waals surface area (Å²) in [6, 6.07) is 8.18. The Morgan fingerprint density at radius 1 is 1.15 bits per heavy atom. The maximum absolute atomic E-state index is 11.6. The first-order chi connectivity index (χ1) is 9.60. The number of ether oxygens (including phenoxy) is 2. The summed E-state index contributed by atoms with van der Waals surface area (Å²) in [7, 11) is 1.25. The lowest BCUT2D eigenvalue weighted by Gasteiger charge is -2.07. The number of fused-ring (bicyclic) bond motifs is 1. The van der Waals surface area contributed by atoms with Gasteiger partial charge < -0.3 is 14.5 Å². The first-order valence-corrected chi connectivity index (χ1v) is 5.99. The standard InChI is InChI=1S/C14H13NO5/c1-19-13(17)6-7-14(18)20-11-8-12(16)15-10-5-3-2-4-9(10)11/h2-5,8H,6-7H2,1H3,(H,15,16). The first kappa shape index (κ1) is 13.8. The molecular formula is C14H13NO5. The summed E-state index contributed by atoms with van der Waals surface area (Å²) in [5.41, 5.74) is 0.218. The summed E-state index contributed by atoms with van der Waals surface area (Å²) in [6.45, 7) is 0. The van der Waals surface area contributed by atoms with Crippen LogP contribution in [0.4, 0.5) is 0 Å². The van der Waals surface area contributed by atoms with Crippen molar-refractivity contribution in [3.63, 3.8) is 0 Å². The average Bonchev–Trinajstić information content (AvgIpc) is 2.44. The zero-order valence-electron chi connectivity index (χ0n) is 10.8. The number of rotatable bonds is 4. The minimum Gasteiger partial charge on any atom is -0.469 e. The van der Waals surface area contributed by atoms with Crippen molar-refractivity contribution in [3.8, 4) is 5.75 Å². The predicted molar refractivity (Wildman–Crippen MR) is 71.5 cm³/mol. The molecular weight excluding hydrogens is 262 g/mol. The van der Waals surface area contributed by atoms with Gasteiger partial charge in [-0.2, -0.15) is 0 Å². The van der Waals surface area contributed by atoms with Gasteiger partial charge in [0.05, 0.1) is 25.5 Å². The molecule has 0 radical (unpaired) electrons. The molecule has 0 unspecified atom stereocenters. The Labute approximate surface area is 114 Å². The van der Waals surface area contributed by atoms with Gasteiger partial charge in [0.15, 0.2) is 0 Å². The second-order valence-electron chi connectivity index (χ2n) is 4.09. The van der Waals surface area contributed by atoms with Gasteiger partial charge in [-0.1, -0.05) is 12.1 Å². The minimum atomic E-state index is -0.592. The molecule has 1 aromatic carbocycles. The Morgan fingerprint density at radius 3 is 2.60 bits per heavy atom. The summed E-state index contributed by atoms with van der Waals surface area (Å²) in [5, 5.41) is 0.624. The lowest BCUT2D eigenvalue weighted by atomic mass is 10.2. The second kappa shape index (κ2) is 6.01. The van der Waals surface area contributed by atoms with Gasteiger partial charge in [0, 0.05) is 11.5 Å². The molecule has 0 saturated heterocycles. The van der Waals surface area contributed by atoms with Crippen molar-refractivity contribution in [2.75, 3.05) is 7.11 Å². The zero-order chi connectivity index (χ0) is 14.5. The normalized spacial score (nSPS) is 10.2. The van der Waals surface area contributed by atoms with Crippen LogP contribution < -0.4 is 10.3 Å². The van der Waals surface area contributed by atoms with Crippen LogP contribution in [0.15, 0.2) is 35.1 Å². The number of carbonyl (C=O) groups is 2. The number of carbonyl (C=O) groups excluding carboxylic acids is 2. The lowest BCUT2D eigenvalue weighted by molar-refractivity contribution is -0.144. The lowest BCUT2D eigenvalue weighted by Crippen LogP contribution is -2.13. The summed E-state index contributed by atoms with van der Waals surface area (Å²) in [5.74, 6) is -0.900. The van der Waals surface area contributed by atoms with Crippen LogP contribution in [0.3, 0.4) is 0 Å². The molecule has 6 heteroatoms. The highest BCUT2D eigenvalue weighted by atomic mass is 16.5. The molecule has 0 saturated carbocycles. The number of H-pyrrole nitrogens is 1. The second-order valence-corrected chi connectivity index (χ2v) is 4.09. The van der Waals surface area contributed by atoms with Crippen LogP contribution >= 0.6 is 0 Å². The van der Waals surface area contributed by atoms with E-state index in [9.17, 15) is 14.4 Å².